The maximum absolute atomic E-state index is 13.2. The van der Waals surface area contributed by atoms with E-state index in [-0.39, 0.29) is 23.3 Å². The summed E-state index contributed by atoms with van der Waals surface area (Å²) >= 11 is 1.20. The number of hydrogen-bond donors (Lipinski definition) is 1. The van der Waals surface area contributed by atoms with Gasteiger partial charge in [-0.2, -0.15) is 0 Å². The largest absolute Gasteiger partial charge is 0.325 e. The Labute approximate surface area is 160 Å². The molecule has 0 radical (unpaired) electrons. The first-order valence-electron chi connectivity index (χ1n) is 8.69. The molecular formula is C20H20FN3O2S. The van der Waals surface area contributed by atoms with Crippen molar-refractivity contribution in [2.24, 2.45) is 0 Å². The predicted molar refractivity (Wildman–Crippen MR) is 107 cm³/mol. The standard InChI is InChI=1S/C20H20FN3O2S/c1-3-13(2)24-19(26)16-9-4-5-10-17(16)23-20(24)27-12-18(25)22-15-8-6-7-14(21)11-15/h4-11,13H,3,12H2,1-2H3,(H,22,25)/t13-/m0/s1. The minimum Gasteiger partial charge on any atom is -0.325 e. The van der Waals surface area contributed by atoms with Crippen molar-refractivity contribution in [2.45, 2.75) is 31.5 Å². The molecular weight excluding hydrogens is 365 g/mol. The summed E-state index contributed by atoms with van der Waals surface area (Å²) in [4.78, 5) is 29.7. The van der Waals surface area contributed by atoms with Crippen LogP contribution >= 0.6 is 11.8 Å². The molecule has 3 rings (SSSR count). The zero-order valence-corrected chi connectivity index (χ0v) is 15.9. The van der Waals surface area contributed by atoms with Crippen LogP contribution in [0, 0.1) is 5.82 Å². The number of fused-ring (bicyclic) bond motifs is 1. The Morgan fingerprint density at radius 1 is 1.26 bits per heavy atom. The number of carbonyl (C=O) groups excluding carboxylic acids is 1. The van der Waals surface area contributed by atoms with Gasteiger partial charge in [0.25, 0.3) is 5.56 Å². The highest BCUT2D eigenvalue weighted by Crippen LogP contribution is 2.22. The van der Waals surface area contributed by atoms with Gasteiger partial charge in [-0.05, 0) is 43.7 Å². The average molecular weight is 385 g/mol. The lowest BCUT2D eigenvalue weighted by molar-refractivity contribution is -0.113. The number of benzene rings is 2. The number of hydrogen-bond acceptors (Lipinski definition) is 4. The van der Waals surface area contributed by atoms with Gasteiger partial charge < -0.3 is 5.32 Å². The van der Waals surface area contributed by atoms with Crippen molar-refractivity contribution >= 4 is 34.3 Å². The van der Waals surface area contributed by atoms with Gasteiger partial charge in [0.05, 0.1) is 16.7 Å². The molecule has 0 aliphatic rings. The Morgan fingerprint density at radius 3 is 2.78 bits per heavy atom. The van der Waals surface area contributed by atoms with Crippen molar-refractivity contribution in [2.75, 3.05) is 11.1 Å². The first-order valence-corrected chi connectivity index (χ1v) is 9.67. The van der Waals surface area contributed by atoms with Crippen LogP contribution in [0.5, 0.6) is 0 Å². The van der Waals surface area contributed by atoms with Gasteiger partial charge >= 0.3 is 0 Å². The fraction of sp³-hybridized carbons (Fsp3) is 0.250. The zero-order chi connectivity index (χ0) is 19.4. The lowest BCUT2D eigenvalue weighted by atomic mass is 10.2. The molecule has 0 unspecified atom stereocenters. The zero-order valence-electron chi connectivity index (χ0n) is 15.1. The van der Waals surface area contributed by atoms with E-state index in [4.69, 9.17) is 0 Å². The molecule has 0 bridgehead atoms. The fourth-order valence-corrected chi connectivity index (χ4v) is 3.59. The average Bonchev–Trinajstić information content (AvgIpc) is 2.66. The van der Waals surface area contributed by atoms with Crippen LogP contribution in [0.25, 0.3) is 10.9 Å². The number of anilines is 1. The summed E-state index contributed by atoms with van der Waals surface area (Å²) in [6.07, 6.45) is 0.767. The highest BCUT2D eigenvalue weighted by atomic mass is 32.2. The van der Waals surface area contributed by atoms with Gasteiger partial charge in [0.15, 0.2) is 5.16 Å². The lowest BCUT2D eigenvalue weighted by Gasteiger charge is -2.18. The third kappa shape index (κ3) is 4.36. The summed E-state index contributed by atoms with van der Waals surface area (Å²) in [6.45, 7) is 3.95. The summed E-state index contributed by atoms with van der Waals surface area (Å²) in [6, 6.07) is 12.9. The van der Waals surface area contributed by atoms with E-state index in [0.29, 0.717) is 21.7 Å². The topological polar surface area (TPSA) is 64.0 Å². The van der Waals surface area contributed by atoms with Gasteiger partial charge in [0.2, 0.25) is 5.91 Å². The van der Waals surface area contributed by atoms with Gasteiger partial charge in [0.1, 0.15) is 5.82 Å². The second-order valence-electron chi connectivity index (χ2n) is 6.19. The summed E-state index contributed by atoms with van der Waals surface area (Å²) in [5.74, 6) is -0.636. The van der Waals surface area contributed by atoms with Gasteiger partial charge in [-0.1, -0.05) is 36.9 Å². The highest BCUT2D eigenvalue weighted by molar-refractivity contribution is 7.99. The molecule has 0 fully saturated rings. The predicted octanol–water partition coefficient (Wildman–Crippen LogP) is 4.24. The molecule has 0 spiro atoms. The minimum atomic E-state index is -0.415. The van der Waals surface area contributed by atoms with Gasteiger partial charge in [-0.3, -0.25) is 14.2 Å². The molecule has 5 nitrogen and oxygen atoms in total. The number of rotatable bonds is 6. The first-order chi connectivity index (χ1) is 13.0. The summed E-state index contributed by atoms with van der Waals surface area (Å²) in [5, 5.41) is 3.72. The number of nitrogens with zero attached hydrogens (tertiary/aromatic N) is 2. The number of carbonyl (C=O) groups is 1. The van der Waals surface area contributed by atoms with Crippen molar-refractivity contribution in [1.82, 2.24) is 9.55 Å². The Balaban J connectivity index is 1.85. The van der Waals surface area contributed by atoms with Gasteiger partial charge in [-0.25, -0.2) is 9.37 Å². The molecule has 0 saturated carbocycles. The van der Waals surface area contributed by atoms with E-state index < -0.39 is 5.82 Å². The van der Waals surface area contributed by atoms with Crippen LogP contribution < -0.4 is 10.9 Å². The number of thioether (sulfide) groups is 1. The Bertz CT molecular complexity index is 1040. The Morgan fingerprint density at radius 2 is 2.04 bits per heavy atom. The molecule has 3 aromatic rings. The van der Waals surface area contributed by atoms with E-state index >= 15 is 0 Å². The number of aromatic nitrogens is 2. The van der Waals surface area contributed by atoms with Gasteiger partial charge in [0, 0.05) is 11.7 Å². The molecule has 1 heterocycles. The summed E-state index contributed by atoms with van der Waals surface area (Å²) in [5.41, 5.74) is 0.893. The van der Waals surface area contributed by atoms with E-state index in [0.717, 1.165) is 6.42 Å². The molecule has 0 aliphatic heterocycles. The van der Waals surface area contributed by atoms with E-state index in [9.17, 15) is 14.0 Å². The third-order valence-electron chi connectivity index (χ3n) is 4.25. The molecule has 1 atom stereocenters. The minimum absolute atomic E-state index is 0.0385. The Kier molecular flexibility index (Phi) is 5.91. The smallest absolute Gasteiger partial charge is 0.262 e. The molecule has 2 aromatic carbocycles. The lowest BCUT2D eigenvalue weighted by Crippen LogP contribution is -2.26. The number of para-hydroxylation sites is 1. The number of halogens is 1. The van der Waals surface area contributed by atoms with Crippen molar-refractivity contribution < 1.29 is 9.18 Å². The van der Waals surface area contributed by atoms with Crippen LogP contribution in [-0.4, -0.2) is 21.2 Å². The van der Waals surface area contributed by atoms with E-state index in [1.54, 1.807) is 22.8 Å². The van der Waals surface area contributed by atoms with Crippen molar-refractivity contribution in [3.05, 3.63) is 64.7 Å². The SMILES string of the molecule is CC[C@H](C)n1c(SCC(=O)Nc2cccc(F)c2)nc2ccccc2c1=O. The van der Waals surface area contributed by atoms with Gasteiger partial charge in [-0.15, -0.1) is 0 Å². The summed E-state index contributed by atoms with van der Waals surface area (Å²) in [7, 11) is 0. The van der Waals surface area contributed by atoms with E-state index in [1.807, 2.05) is 26.0 Å². The van der Waals surface area contributed by atoms with Crippen LogP contribution in [0.3, 0.4) is 0 Å². The second-order valence-corrected chi connectivity index (χ2v) is 7.13. The molecule has 1 N–H and O–H groups in total. The van der Waals surface area contributed by atoms with Crippen LogP contribution in [0.4, 0.5) is 10.1 Å². The summed E-state index contributed by atoms with van der Waals surface area (Å²) < 4.78 is 14.9. The molecule has 1 amide bonds. The first kappa shape index (κ1) is 19.1. The van der Waals surface area contributed by atoms with Crippen LogP contribution in [0.1, 0.15) is 26.3 Å². The molecule has 0 saturated heterocycles. The molecule has 140 valence electrons. The van der Waals surface area contributed by atoms with E-state index in [2.05, 4.69) is 10.3 Å². The molecule has 27 heavy (non-hydrogen) atoms. The maximum atomic E-state index is 13.2. The normalized spacial score (nSPS) is 12.1. The Hall–Kier alpha value is -2.67. The molecule has 7 heteroatoms. The second kappa shape index (κ2) is 8.35. The van der Waals surface area contributed by atoms with Crippen LogP contribution in [0.2, 0.25) is 0 Å². The monoisotopic (exact) mass is 385 g/mol. The number of nitrogens with one attached hydrogen (secondary N) is 1. The maximum Gasteiger partial charge on any atom is 0.262 e. The fourth-order valence-electron chi connectivity index (χ4n) is 2.69. The van der Waals surface area contributed by atoms with Crippen molar-refractivity contribution in [3.8, 4) is 0 Å². The van der Waals surface area contributed by atoms with E-state index in [1.165, 1.54) is 30.0 Å². The highest BCUT2D eigenvalue weighted by Gasteiger charge is 2.16. The number of amides is 1. The molecule has 1 aromatic heterocycles. The molecule has 0 aliphatic carbocycles. The quantitative estimate of drug-likeness (QED) is 0.509. The third-order valence-corrected chi connectivity index (χ3v) is 5.20. The van der Waals surface area contributed by atoms with Crippen molar-refractivity contribution in [1.29, 1.82) is 0 Å². The van der Waals surface area contributed by atoms with Crippen LogP contribution in [0.15, 0.2) is 58.5 Å². The van der Waals surface area contributed by atoms with Crippen LogP contribution in [-0.2, 0) is 4.79 Å². The van der Waals surface area contributed by atoms with Crippen molar-refractivity contribution in [3.63, 3.8) is 0 Å².